The van der Waals surface area contributed by atoms with Crippen molar-refractivity contribution in [3.63, 3.8) is 0 Å². The molecule has 1 rings (SSSR count). The zero-order valence-electron chi connectivity index (χ0n) is 16.2. The molecule has 0 fully saturated rings. The molecule has 0 saturated heterocycles. The van der Waals surface area contributed by atoms with Crippen LogP contribution in [0.15, 0.2) is 29.3 Å². The van der Waals surface area contributed by atoms with Crippen LogP contribution < -0.4 is 16.0 Å². The van der Waals surface area contributed by atoms with Crippen molar-refractivity contribution >= 4 is 11.9 Å². The molecule has 140 valence electrons. The lowest BCUT2D eigenvalue weighted by atomic mass is 10.1. The molecule has 1 unspecified atom stereocenters. The summed E-state index contributed by atoms with van der Waals surface area (Å²) in [5, 5.41) is 9.58. The van der Waals surface area contributed by atoms with Crippen LogP contribution >= 0.6 is 0 Å². The van der Waals surface area contributed by atoms with Gasteiger partial charge < -0.3 is 16.0 Å². The Morgan fingerprint density at radius 3 is 2.56 bits per heavy atom. The lowest BCUT2D eigenvalue weighted by Gasteiger charge is -2.17. The van der Waals surface area contributed by atoms with Gasteiger partial charge in [-0.25, -0.2) is 4.99 Å². The second kappa shape index (κ2) is 12.3. The molecule has 1 amide bonds. The number of amides is 1. The van der Waals surface area contributed by atoms with E-state index in [1.165, 1.54) is 19.3 Å². The minimum absolute atomic E-state index is 0.0390. The number of aliphatic imine (C=N–C) groups is 1. The summed E-state index contributed by atoms with van der Waals surface area (Å²) in [6.45, 7) is 10.4. The Morgan fingerprint density at radius 2 is 1.88 bits per heavy atom. The second-order valence-corrected chi connectivity index (χ2v) is 6.30. The zero-order chi connectivity index (χ0) is 18.5. The molecular weight excluding hydrogens is 312 g/mol. The summed E-state index contributed by atoms with van der Waals surface area (Å²) in [4.78, 5) is 16.6. The number of carbonyl (C=O) groups excluding carboxylic acids is 1. The van der Waals surface area contributed by atoms with Gasteiger partial charge >= 0.3 is 0 Å². The monoisotopic (exact) mass is 346 g/mol. The van der Waals surface area contributed by atoms with Gasteiger partial charge in [0.25, 0.3) is 5.91 Å². The normalized spacial score (nSPS) is 12.6. The molecule has 0 saturated carbocycles. The average Bonchev–Trinajstić information content (AvgIpc) is 2.60. The van der Waals surface area contributed by atoms with Gasteiger partial charge in [-0.1, -0.05) is 38.3 Å². The lowest BCUT2D eigenvalue weighted by molar-refractivity contribution is 0.0955. The van der Waals surface area contributed by atoms with Gasteiger partial charge in [0.15, 0.2) is 5.96 Å². The van der Waals surface area contributed by atoms with Crippen molar-refractivity contribution in [3.8, 4) is 0 Å². The standard InChI is InChI=1S/C20H34N4O/c1-5-8-9-11-16(4)24-20(22-7-3)23-15-17-12-10-13-18(14-17)19(25)21-6-2/h10,12-14,16H,5-9,11,15H2,1-4H3,(H,21,25)(H2,22,23,24). The maximum absolute atomic E-state index is 11.9. The predicted molar refractivity (Wildman–Crippen MR) is 106 cm³/mol. The van der Waals surface area contributed by atoms with Crippen LogP contribution in [0.25, 0.3) is 0 Å². The van der Waals surface area contributed by atoms with E-state index in [4.69, 9.17) is 0 Å². The third-order valence-corrected chi connectivity index (χ3v) is 3.91. The molecule has 0 aliphatic rings. The molecule has 0 aliphatic carbocycles. The Morgan fingerprint density at radius 1 is 1.12 bits per heavy atom. The van der Waals surface area contributed by atoms with Gasteiger partial charge in [-0.3, -0.25) is 4.79 Å². The van der Waals surface area contributed by atoms with Crippen molar-refractivity contribution in [2.45, 2.75) is 66.0 Å². The SMILES string of the molecule is CCCCCC(C)NC(=NCc1cccc(C(=O)NCC)c1)NCC. The van der Waals surface area contributed by atoms with E-state index in [9.17, 15) is 4.79 Å². The highest BCUT2D eigenvalue weighted by atomic mass is 16.1. The van der Waals surface area contributed by atoms with Gasteiger partial charge in [-0.15, -0.1) is 0 Å². The Hall–Kier alpha value is -2.04. The van der Waals surface area contributed by atoms with E-state index in [-0.39, 0.29) is 5.91 Å². The summed E-state index contributed by atoms with van der Waals surface area (Å²) in [6, 6.07) is 8.04. The molecule has 0 bridgehead atoms. The van der Waals surface area contributed by atoms with Gasteiger partial charge in [0.2, 0.25) is 0 Å². The van der Waals surface area contributed by atoms with E-state index in [1.807, 2.05) is 31.2 Å². The number of carbonyl (C=O) groups is 1. The van der Waals surface area contributed by atoms with Crippen LogP contribution in [0.3, 0.4) is 0 Å². The highest BCUT2D eigenvalue weighted by Gasteiger charge is 2.06. The van der Waals surface area contributed by atoms with Crippen molar-refractivity contribution in [3.05, 3.63) is 35.4 Å². The van der Waals surface area contributed by atoms with Crippen LogP contribution in [0, 0.1) is 0 Å². The van der Waals surface area contributed by atoms with Crippen LogP contribution in [-0.4, -0.2) is 31.0 Å². The van der Waals surface area contributed by atoms with Crippen LogP contribution in [0.2, 0.25) is 0 Å². The Balaban J connectivity index is 2.67. The maximum atomic E-state index is 11.9. The third kappa shape index (κ3) is 8.57. The van der Waals surface area contributed by atoms with E-state index in [0.29, 0.717) is 24.7 Å². The molecule has 25 heavy (non-hydrogen) atoms. The average molecular weight is 347 g/mol. The summed E-state index contributed by atoms with van der Waals surface area (Å²) in [5.41, 5.74) is 1.71. The molecular formula is C20H34N4O. The first kappa shape index (κ1) is 21.0. The molecule has 5 nitrogen and oxygen atoms in total. The smallest absolute Gasteiger partial charge is 0.251 e. The van der Waals surface area contributed by atoms with Gasteiger partial charge in [-0.2, -0.15) is 0 Å². The summed E-state index contributed by atoms with van der Waals surface area (Å²) in [6.07, 6.45) is 4.89. The minimum atomic E-state index is -0.0390. The van der Waals surface area contributed by atoms with Crippen molar-refractivity contribution < 1.29 is 4.79 Å². The number of hydrogen-bond acceptors (Lipinski definition) is 2. The Labute approximate surface area is 152 Å². The molecule has 1 aromatic rings. The van der Waals surface area contributed by atoms with Crippen molar-refractivity contribution in [1.29, 1.82) is 0 Å². The molecule has 1 atom stereocenters. The number of nitrogens with one attached hydrogen (secondary N) is 3. The summed E-state index contributed by atoms with van der Waals surface area (Å²) < 4.78 is 0. The highest BCUT2D eigenvalue weighted by molar-refractivity contribution is 5.94. The molecule has 5 heteroatoms. The molecule has 0 aromatic heterocycles. The molecule has 0 spiro atoms. The second-order valence-electron chi connectivity index (χ2n) is 6.30. The number of unbranched alkanes of at least 4 members (excludes halogenated alkanes) is 2. The fourth-order valence-electron chi connectivity index (χ4n) is 2.57. The first-order chi connectivity index (χ1) is 12.1. The number of rotatable bonds is 10. The van der Waals surface area contributed by atoms with Gasteiger partial charge in [0.05, 0.1) is 6.54 Å². The fraction of sp³-hybridized carbons (Fsp3) is 0.600. The van der Waals surface area contributed by atoms with Crippen LogP contribution in [-0.2, 0) is 6.54 Å². The molecule has 3 N–H and O–H groups in total. The molecule has 0 radical (unpaired) electrons. The van der Waals surface area contributed by atoms with Crippen molar-refractivity contribution in [2.24, 2.45) is 4.99 Å². The summed E-state index contributed by atoms with van der Waals surface area (Å²) in [5.74, 6) is 0.790. The first-order valence-electron chi connectivity index (χ1n) is 9.52. The first-order valence-corrected chi connectivity index (χ1v) is 9.52. The number of hydrogen-bond donors (Lipinski definition) is 3. The Bertz CT molecular complexity index is 542. The van der Waals surface area contributed by atoms with Crippen LogP contribution in [0.1, 0.15) is 69.3 Å². The minimum Gasteiger partial charge on any atom is -0.357 e. The lowest BCUT2D eigenvalue weighted by Crippen LogP contribution is -2.42. The molecule has 1 aromatic carbocycles. The largest absolute Gasteiger partial charge is 0.357 e. The van der Waals surface area contributed by atoms with Crippen LogP contribution in [0.5, 0.6) is 0 Å². The van der Waals surface area contributed by atoms with Gasteiger partial charge in [0, 0.05) is 24.7 Å². The quantitative estimate of drug-likeness (QED) is 0.345. The fourth-order valence-corrected chi connectivity index (χ4v) is 2.57. The predicted octanol–water partition coefficient (Wildman–Crippen LogP) is 3.46. The molecule has 0 aliphatic heterocycles. The van der Waals surface area contributed by atoms with Crippen LogP contribution in [0.4, 0.5) is 0 Å². The summed E-state index contributed by atoms with van der Waals surface area (Å²) >= 11 is 0. The molecule has 0 heterocycles. The number of benzene rings is 1. The third-order valence-electron chi connectivity index (χ3n) is 3.91. The number of nitrogens with zero attached hydrogens (tertiary/aromatic N) is 1. The van der Waals surface area contributed by atoms with Crippen molar-refractivity contribution in [1.82, 2.24) is 16.0 Å². The summed E-state index contributed by atoms with van der Waals surface area (Å²) in [7, 11) is 0. The van der Waals surface area contributed by atoms with Gasteiger partial charge in [-0.05, 0) is 44.9 Å². The highest BCUT2D eigenvalue weighted by Crippen LogP contribution is 2.07. The Kier molecular flexibility index (Phi) is 10.4. The van der Waals surface area contributed by atoms with E-state index in [0.717, 1.165) is 24.5 Å². The van der Waals surface area contributed by atoms with Gasteiger partial charge in [0.1, 0.15) is 0 Å². The maximum Gasteiger partial charge on any atom is 0.251 e. The van der Waals surface area contributed by atoms with E-state index < -0.39 is 0 Å². The van der Waals surface area contributed by atoms with Crippen molar-refractivity contribution in [2.75, 3.05) is 13.1 Å². The van der Waals surface area contributed by atoms with E-state index >= 15 is 0 Å². The zero-order valence-corrected chi connectivity index (χ0v) is 16.2. The topological polar surface area (TPSA) is 65.5 Å². The van der Waals surface area contributed by atoms with E-state index in [2.05, 4.69) is 41.7 Å². The number of guanidine groups is 1. The van der Waals surface area contributed by atoms with E-state index in [1.54, 1.807) is 0 Å².